The molecule has 0 spiro atoms. The molecule has 0 fully saturated rings. The van der Waals surface area contributed by atoms with Gasteiger partial charge in [0.2, 0.25) is 0 Å². The third-order valence-corrected chi connectivity index (χ3v) is 2.06. The zero-order valence-electron chi connectivity index (χ0n) is 8.29. The van der Waals surface area contributed by atoms with Crippen molar-refractivity contribution in [1.29, 1.82) is 0 Å². The zero-order chi connectivity index (χ0) is 10.7. The van der Waals surface area contributed by atoms with Gasteiger partial charge in [-0.25, -0.2) is 15.0 Å². The van der Waals surface area contributed by atoms with Gasteiger partial charge in [-0.15, -0.1) is 0 Å². The molecule has 0 saturated carbocycles. The van der Waals surface area contributed by atoms with E-state index in [-0.39, 0.29) is 5.56 Å². The van der Waals surface area contributed by atoms with Crippen LogP contribution in [0.1, 0.15) is 6.92 Å². The smallest absolute Gasteiger partial charge is 0.253 e. The van der Waals surface area contributed by atoms with Crippen LogP contribution >= 0.6 is 0 Å². The second kappa shape index (κ2) is 4.00. The minimum Gasteiger partial charge on any atom is -0.300 e. The van der Waals surface area contributed by atoms with Crippen LogP contribution in [0.4, 0.5) is 0 Å². The summed E-state index contributed by atoms with van der Waals surface area (Å²) in [6.07, 6.45) is 4.58. The topological polar surface area (TPSA) is 60.7 Å². The molecule has 76 valence electrons. The van der Waals surface area contributed by atoms with Crippen LogP contribution in [0.5, 0.6) is 0 Å². The van der Waals surface area contributed by atoms with E-state index < -0.39 is 0 Å². The average molecular weight is 202 g/mol. The van der Waals surface area contributed by atoms with Crippen LogP contribution < -0.4 is 5.56 Å². The van der Waals surface area contributed by atoms with E-state index in [2.05, 4.69) is 15.0 Å². The maximum atomic E-state index is 11.5. The molecule has 0 aliphatic rings. The molecule has 0 amide bonds. The van der Waals surface area contributed by atoms with Crippen molar-refractivity contribution in [1.82, 2.24) is 19.5 Å². The lowest BCUT2D eigenvalue weighted by atomic mass is 10.3. The van der Waals surface area contributed by atoms with E-state index in [1.807, 2.05) is 6.92 Å². The second-order valence-electron chi connectivity index (χ2n) is 2.99. The lowest BCUT2D eigenvalue weighted by Gasteiger charge is -2.02. The van der Waals surface area contributed by atoms with Crippen molar-refractivity contribution in [3.05, 3.63) is 41.3 Å². The van der Waals surface area contributed by atoms with Gasteiger partial charge >= 0.3 is 0 Å². The fraction of sp³-hybridized carbons (Fsp3) is 0.200. The summed E-state index contributed by atoms with van der Waals surface area (Å²) < 4.78 is 1.53. The largest absolute Gasteiger partial charge is 0.300 e. The Labute approximate surface area is 86.5 Å². The molecule has 0 unspecified atom stereocenters. The first-order valence-corrected chi connectivity index (χ1v) is 4.64. The molecule has 0 radical (unpaired) electrons. The van der Waals surface area contributed by atoms with Gasteiger partial charge in [0, 0.05) is 18.8 Å². The predicted molar refractivity (Wildman–Crippen MR) is 55.2 cm³/mol. The number of nitrogens with zero attached hydrogens (tertiary/aromatic N) is 4. The van der Waals surface area contributed by atoms with E-state index in [1.54, 1.807) is 12.3 Å². The van der Waals surface area contributed by atoms with Crippen LogP contribution in [-0.2, 0) is 6.54 Å². The van der Waals surface area contributed by atoms with Crippen LogP contribution in [0, 0.1) is 0 Å². The quantitative estimate of drug-likeness (QED) is 0.720. The lowest BCUT2D eigenvalue weighted by molar-refractivity contribution is 0.707. The van der Waals surface area contributed by atoms with Gasteiger partial charge < -0.3 is 0 Å². The molecule has 2 aromatic rings. The molecular weight excluding hydrogens is 192 g/mol. The van der Waals surface area contributed by atoms with Crippen LogP contribution in [-0.4, -0.2) is 19.5 Å². The van der Waals surface area contributed by atoms with E-state index in [0.717, 1.165) is 0 Å². The molecule has 2 rings (SSSR count). The summed E-state index contributed by atoms with van der Waals surface area (Å²) in [6, 6.07) is 3.20. The van der Waals surface area contributed by atoms with Gasteiger partial charge in [0.05, 0.1) is 17.7 Å². The minimum absolute atomic E-state index is 0.0684. The Kier molecular flexibility index (Phi) is 2.53. The average Bonchev–Trinajstić information content (AvgIpc) is 2.30. The van der Waals surface area contributed by atoms with E-state index in [0.29, 0.717) is 17.9 Å². The van der Waals surface area contributed by atoms with Crippen molar-refractivity contribution >= 4 is 0 Å². The van der Waals surface area contributed by atoms with Gasteiger partial charge in [-0.05, 0) is 13.0 Å². The Morgan fingerprint density at radius 1 is 1.33 bits per heavy atom. The van der Waals surface area contributed by atoms with Gasteiger partial charge in [0.25, 0.3) is 5.56 Å². The maximum Gasteiger partial charge on any atom is 0.253 e. The summed E-state index contributed by atoms with van der Waals surface area (Å²) in [5.41, 5.74) is 1.17. The van der Waals surface area contributed by atoms with Crippen LogP contribution in [0.25, 0.3) is 11.4 Å². The highest BCUT2D eigenvalue weighted by Crippen LogP contribution is 2.08. The number of aromatic nitrogens is 4. The molecule has 2 aromatic heterocycles. The highest BCUT2D eigenvalue weighted by molar-refractivity contribution is 5.51. The van der Waals surface area contributed by atoms with Crippen molar-refractivity contribution in [2.75, 3.05) is 0 Å². The highest BCUT2D eigenvalue weighted by atomic mass is 16.1. The Bertz CT molecular complexity index is 506. The summed E-state index contributed by atoms with van der Waals surface area (Å²) in [5.74, 6) is 0. The molecule has 0 atom stereocenters. The van der Waals surface area contributed by atoms with E-state index in [4.69, 9.17) is 0 Å². The first kappa shape index (κ1) is 9.51. The second-order valence-corrected chi connectivity index (χ2v) is 2.99. The van der Waals surface area contributed by atoms with Gasteiger partial charge in [0.15, 0.2) is 0 Å². The Balaban J connectivity index is 2.48. The molecule has 15 heavy (non-hydrogen) atoms. The van der Waals surface area contributed by atoms with E-state index >= 15 is 0 Å². The van der Waals surface area contributed by atoms with E-state index in [9.17, 15) is 4.79 Å². The number of rotatable bonds is 2. The maximum absolute atomic E-state index is 11.5. The zero-order valence-corrected chi connectivity index (χ0v) is 8.29. The lowest BCUT2D eigenvalue weighted by Crippen LogP contribution is -2.18. The fourth-order valence-electron chi connectivity index (χ4n) is 1.25. The molecule has 0 N–H and O–H groups in total. The molecule has 0 aromatic carbocycles. The van der Waals surface area contributed by atoms with Gasteiger partial charge in [0.1, 0.15) is 6.33 Å². The summed E-state index contributed by atoms with van der Waals surface area (Å²) in [5, 5.41) is 0. The first-order chi connectivity index (χ1) is 7.31. The summed E-state index contributed by atoms with van der Waals surface area (Å²) in [7, 11) is 0. The van der Waals surface area contributed by atoms with Crippen LogP contribution in [0.2, 0.25) is 0 Å². The fourth-order valence-corrected chi connectivity index (χ4v) is 1.25. The van der Waals surface area contributed by atoms with Crippen LogP contribution in [0.15, 0.2) is 35.8 Å². The first-order valence-electron chi connectivity index (χ1n) is 4.64. The molecule has 0 aliphatic carbocycles. The number of hydrogen-bond donors (Lipinski definition) is 0. The normalized spacial score (nSPS) is 10.2. The molecule has 0 aliphatic heterocycles. The third kappa shape index (κ3) is 1.90. The summed E-state index contributed by atoms with van der Waals surface area (Å²) in [6.45, 7) is 2.52. The summed E-state index contributed by atoms with van der Waals surface area (Å²) in [4.78, 5) is 23.5. The summed E-state index contributed by atoms with van der Waals surface area (Å²) >= 11 is 0. The minimum atomic E-state index is -0.0684. The standard InChI is InChI=1S/C10H10N4O/c1-2-14-7-13-9(5-10(14)15)8-3-4-11-6-12-8/h3-7H,2H2,1H3. The third-order valence-electron chi connectivity index (χ3n) is 2.06. The Morgan fingerprint density at radius 2 is 2.20 bits per heavy atom. The Morgan fingerprint density at radius 3 is 2.80 bits per heavy atom. The molecule has 0 saturated heterocycles. The Hall–Kier alpha value is -2.04. The molecule has 5 heteroatoms. The van der Waals surface area contributed by atoms with Crippen molar-refractivity contribution in [2.24, 2.45) is 0 Å². The number of aryl methyl sites for hydroxylation is 1. The molecule has 2 heterocycles. The van der Waals surface area contributed by atoms with Crippen molar-refractivity contribution in [3.63, 3.8) is 0 Å². The molecule has 5 nitrogen and oxygen atoms in total. The van der Waals surface area contributed by atoms with Crippen molar-refractivity contribution in [3.8, 4) is 11.4 Å². The van der Waals surface area contributed by atoms with Gasteiger partial charge in [-0.2, -0.15) is 0 Å². The number of hydrogen-bond acceptors (Lipinski definition) is 4. The SMILES string of the molecule is CCn1cnc(-c2ccncn2)cc1=O. The van der Waals surface area contributed by atoms with Crippen molar-refractivity contribution in [2.45, 2.75) is 13.5 Å². The van der Waals surface area contributed by atoms with Gasteiger partial charge in [-0.1, -0.05) is 0 Å². The molecular formula is C10H10N4O. The van der Waals surface area contributed by atoms with Gasteiger partial charge in [-0.3, -0.25) is 9.36 Å². The van der Waals surface area contributed by atoms with Crippen molar-refractivity contribution < 1.29 is 0 Å². The molecule has 0 bridgehead atoms. The van der Waals surface area contributed by atoms with E-state index in [1.165, 1.54) is 23.3 Å². The monoisotopic (exact) mass is 202 g/mol. The predicted octanol–water partition coefficient (Wildman–Crippen LogP) is 0.720. The van der Waals surface area contributed by atoms with Crippen LogP contribution in [0.3, 0.4) is 0 Å². The highest BCUT2D eigenvalue weighted by Gasteiger charge is 2.02.